The molecule has 1 aromatic carbocycles. The minimum absolute atomic E-state index is 0.132. The highest BCUT2D eigenvalue weighted by atomic mass is 32.2. The number of aryl methyl sites for hydroxylation is 1. The van der Waals surface area contributed by atoms with Crippen molar-refractivity contribution in [2.75, 3.05) is 16.4 Å². The molecule has 4 nitrogen and oxygen atoms in total. The summed E-state index contributed by atoms with van der Waals surface area (Å²) >= 11 is 1.33. The monoisotopic (exact) mass is 237 g/mol. The number of rotatable bonds is 1. The van der Waals surface area contributed by atoms with E-state index in [1.54, 1.807) is 13.0 Å². The summed E-state index contributed by atoms with van der Waals surface area (Å²) in [5, 5.41) is 9.28. The molecule has 0 bridgehead atoms. The van der Waals surface area contributed by atoms with Gasteiger partial charge in [0.2, 0.25) is 11.8 Å². The number of anilines is 1. The standard InChI is InChI=1S/C11H11NO3S/c1-7-4-8(13)2-3-9(7)12-10(14)5-16-6-11(12)15/h2-4,13H,5-6H2,1H3. The van der Waals surface area contributed by atoms with Gasteiger partial charge in [0.15, 0.2) is 0 Å². The number of carbonyl (C=O) groups is 2. The number of aromatic hydroxyl groups is 1. The molecule has 0 aliphatic carbocycles. The Morgan fingerprint density at radius 3 is 2.44 bits per heavy atom. The molecule has 1 fully saturated rings. The van der Waals surface area contributed by atoms with Gasteiger partial charge in [-0.15, -0.1) is 11.8 Å². The fourth-order valence-corrected chi connectivity index (χ4v) is 2.36. The van der Waals surface area contributed by atoms with Gasteiger partial charge in [-0.3, -0.25) is 9.59 Å². The van der Waals surface area contributed by atoms with Gasteiger partial charge in [-0.25, -0.2) is 4.90 Å². The maximum atomic E-state index is 11.7. The minimum Gasteiger partial charge on any atom is -0.508 e. The molecule has 1 aliphatic rings. The molecule has 84 valence electrons. The molecule has 1 aliphatic heterocycles. The molecule has 2 amide bonds. The first kappa shape index (κ1) is 11.0. The number of benzene rings is 1. The summed E-state index contributed by atoms with van der Waals surface area (Å²) in [6, 6.07) is 4.61. The fourth-order valence-electron chi connectivity index (χ4n) is 1.65. The molecular weight excluding hydrogens is 226 g/mol. The summed E-state index contributed by atoms with van der Waals surface area (Å²) < 4.78 is 0. The number of hydrogen-bond acceptors (Lipinski definition) is 4. The molecule has 0 saturated carbocycles. The summed E-state index contributed by atoms with van der Waals surface area (Å²) in [6.07, 6.45) is 0. The molecule has 1 saturated heterocycles. The summed E-state index contributed by atoms with van der Waals surface area (Å²) in [4.78, 5) is 24.5. The number of amides is 2. The van der Waals surface area contributed by atoms with E-state index in [0.717, 1.165) is 0 Å². The second-order valence-electron chi connectivity index (χ2n) is 3.59. The van der Waals surface area contributed by atoms with Crippen LogP contribution in [0.25, 0.3) is 0 Å². The molecule has 2 rings (SSSR count). The lowest BCUT2D eigenvalue weighted by Crippen LogP contribution is -2.43. The number of phenols is 1. The summed E-state index contributed by atoms with van der Waals surface area (Å²) in [6.45, 7) is 1.76. The Bertz CT molecular complexity index is 443. The molecule has 1 heterocycles. The van der Waals surface area contributed by atoms with E-state index < -0.39 is 0 Å². The average Bonchev–Trinajstić information content (AvgIpc) is 2.20. The second-order valence-corrected chi connectivity index (χ2v) is 4.57. The molecule has 1 N–H and O–H groups in total. The largest absolute Gasteiger partial charge is 0.508 e. The van der Waals surface area contributed by atoms with Crippen LogP contribution in [-0.2, 0) is 9.59 Å². The molecule has 0 atom stereocenters. The van der Waals surface area contributed by atoms with Crippen LogP contribution in [0.4, 0.5) is 5.69 Å². The van der Waals surface area contributed by atoms with Gasteiger partial charge in [0.05, 0.1) is 17.2 Å². The van der Waals surface area contributed by atoms with Crippen molar-refractivity contribution in [3.63, 3.8) is 0 Å². The molecule has 1 aromatic rings. The SMILES string of the molecule is Cc1cc(O)ccc1N1C(=O)CSCC1=O. The second kappa shape index (κ2) is 4.17. The molecule has 5 heteroatoms. The molecule has 0 radical (unpaired) electrons. The number of hydrogen-bond donors (Lipinski definition) is 1. The fraction of sp³-hybridized carbons (Fsp3) is 0.273. The van der Waals surface area contributed by atoms with Crippen LogP contribution in [-0.4, -0.2) is 28.4 Å². The quantitative estimate of drug-likeness (QED) is 0.748. The van der Waals surface area contributed by atoms with Crippen molar-refractivity contribution in [1.82, 2.24) is 0 Å². The lowest BCUT2D eigenvalue weighted by molar-refractivity contribution is -0.124. The van der Waals surface area contributed by atoms with Crippen LogP contribution in [0.2, 0.25) is 0 Å². The first-order valence-corrected chi connectivity index (χ1v) is 5.98. The van der Waals surface area contributed by atoms with Crippen molar-refractivity contribution in [3.8, 4) is 5.75 Å². The highest BCUT2D eigenvalue weighted by molar-refractivity contribution is 8.00. The van der Waals surface area contributed by atoms with E-state index in [-0.39, 0.29) is 17.6 Å². The smallest absolute Gasteiger partial charge is 0.243 e. The number of thioether (sulfide) groups is 1. The lowest BCUT2D eigenvalue weighted by Gasteiger charge is -2.25. The van der Waals surface area contributed by atoms with Crippen molar-refractivity contribution in [1.29, 1.82) is 0 Å². The van der Waals surface area contributed by atoms with Crippen LogP contribution in [0, 0.1) is 6.92 Å². The number of nitrogens with zero attached hydrogens (tertiary/aromatic N) is 1. The zero-order valence-corrected chi connectivity index (χ0v) is 9.58. The first-order chi connectivity index (χ1) is 7.59. The number of imide groups is 1. The van der Waals surface area contributed by atoms with Gasteiger partial charge >= 0.3 is 0 Å². The van der Waals surface area contributed by atoms with E-state index in [1.807, 2.05) is 0 Å². The van der Waals surface area contributed by atoms with Crippen LogP contribution in [0.1, 0.15) is 5.56 Å². The predicted molar refractivity (Wildman–Crippen MR) is 62.7 cm³/mol. The van der Waals surface area contributed by atoms with E-state index in [2.05, 4.69) is 0 Å². The van der Waals surface area contributed by atoms with E-state index in [0.29, 0.717) is 22.8 Å². The molecule has 0 unspecified atom stereocenters. The highest BCUT2D eigenvalue weighted by Crippen LogP contribution is 2.27. The van der Waals surface area contributed by atoms with Crippen LogP contribution in [0.5, 0.6) is 5.75 Å². The zero-order chi connectivity index (χ0) is 11.7. The van der Waals surface area contributed by atoms with Crippen LogP contribution in [0.15, 0.2) is 18.2 Å². The zero-order valence-electron chi connectivity index (χ0n) is 8.77. The van der Waals surface area contributed by atoms with Gasteiger partial charge in [0.1, 0.15) is 5.75 Å². The molecule has 16 heavy (non-hydrogen) atoms. The Hall–Kier alpha value is -1.49. The van der Waals surface area contributed by atoms with Gasteiger partial charge in [0.25, 0.3) is 0 Å². The molecule has 0 aromatic heterocycles. The minimum atomic E-state index is -0.199. The van der Waals surface area contributed by atoms with Crippen LogP contribution >= 0.6 is 11.8 Å². The Kier molecular flexibility index (Phi) is 2.87. The predicted octanol–water partition coefficient (Wildman–Crippen LogP) is 1.31. The van der Waals surface area contributed by atoms with Crippen molar-refractivity contribution in [2.24, 2.45) is 0 Å². The van der Waals surface area contributed by atoms with Gasteiger partial charge in [0, 0.05) is 0 Å². The third-order valence-electron chi connectivity index (χ3n) is 2.37. The van der Waals surface area contributed by atoms with Gasteiger partial charge < -0.3 is 5.11 Å². The van der Waals surface area contributed by atoms with E-state index >= 15 is 0 Å². The highest BCUT2D eigenvalue weighted by Gasteiger charge is 2.28. The average molecular weight is 237 g/mol. The van der Waals surface area contributed by atoms with Crippen LogP contribution < -0.4 is 4.90 Å². The summed E-state index contributed by atoms with van der Waals surface area (Å²) in [7, 11) is 0. The third kappa shape index (κ3) is 1.90. The summed E-state index contributed by atoms with van der Waals surface area (Å²) in [5.74, 6) is 0.385. The van der Waals surface area contributed by atoms with E-state index in [4.69, 9.17) is 0 Å². The van der Waals surface area contributed by atoms with E-state index in [1.165, 1.54) is 28.8 Å². The van der Waals surface area contributed by atoms with Gasteiger partial charge in [-0.2, -0.15) is 0 Å². The topological polar surface area (TPSA) is 57.6 Å². The maximum absolute atomic E-state index is 11.7. The third-order valence-corrected chi connectivity index (χ3v) is 3.27. The Labute approximate surface area is 97.3 Å². The van der Waals surface area contributed by atoms with Gasteiger partial charge in [-0.05, 0) is 30.7 Å². The maximum Gasteiger partial charge on any atom is 0.243 e. The Morgan fingerprint density at radius 1 is 1.25 bits per heavy atom. The normalized spacial score (nSPS) is 16.7. The molecular formula is C11H11NO3S. The summed E-state index contributed by atoms with van der Waals surface area (Å²) in [5.41, 5.74) is 1.28. The molecule has 0 spiro atoms. The van der Waals surface area contributed by atoms with Crippen molar-refractivity contribution < 1.29 is 14.7 Å². The van der Waals surface area contributed by atoms with Gasteiger partial charge in [-0.1, -0.05) is 0 Å². The van der Waals surface area contributed by atoms with Crippen molar-refractivity contribution in [3.05, 3.63) is 23.8 Å². The number of carbonyl (C=O) groups excluding carboxylic acids is 2. The Morgan fingerprint density at radius 2 is 1.88 bits per heavy atom. The lowest BCUT2D eigenvalue weighted by atomic mass is 10.1. The van der Waals surface area contributed by atoms with Crippen molar-refractivity contribution in [2.45, 2.75) is 6.92 Å². The van der Waals surface area contributed by atoms with E-state index in [9.17, 15) is 14.7 Å². The first-order valence-electron chi connectivity index (χ1n) is 4.83. The van der Waals surface area contributed by atoms with Crippen molar-refractivity contribution >= 4 is 29.3 Å². The van der Waals surface area contributed by atoms with Crippen LogP contribution in [0.3, 0.4) is 0 Å². The Balaban J connectivity index is 2.42. The number of phenolic OH excluding ortho intramolecular Hbond substituents is 1.